The second-order valence-electron chi connectivity index (χ2n) is 5.91. The molecule has 0 saturated heterocycles. The first-order valence-corrected chi connectivity index (χ1v) is 8.03. The number of hydrogen-bond acceptors (Lipinski definition) is 7. The van der Waals surface area contributed by atoms with Crippen LogP contribution in [0.4, 0.5) is 18.9 Å². The van der Waals surface area contributed by atoms with Crippen molar-refractivity contribution in [3.63, 3.8) is 0 Å². The van der Waals surface area contributed by atoms with E-state index in [9.17, 15) is 18.0 Å². The Morgan fingerprint density at radius 2 is 2.14 bits per heavy atom. The fourth-order valence-corrected chi connectivity index (χ4v) is 2.67. The Kier molecular flexibility index (Phi) is 5.45. The van der Waals surface area contributed by atoms with Crippen LogP contribution < -0.4 is 15.8 Å². The molecule has 1 aliphatic rings. The van der Waals surface area contributed by atoms with E-state index in [0.29, 0.717) is 0 Å². The van der Waals surface area contributed by atoms with Gasteiger partial charge in [0.2, 0.25) is 5.88 Å². The number of hydrogen-bond donors (Lipinski definition) is 2. The summed E-state index contributed by atoms with van der Waals surface area (Å²) in [7, 11) is 1.40. The van der Waals surface area contributed by atoms with E-state index in [1.54, 1.807) is 0 Å². The highest BCUT2D eigenvalue weighted by atomic mass is 19.3. The minimum atomic E-state index is -3.08. The van der Waals surface area contributed by atoms with Crippen molar-refractivity contribution in [2.75, 3.05) is 25.6 Å². The number of anilines is 1. The third-order valence-electron chi connectivity index (χ3n) is 4.04. The molecule has 1 atom stereocenters. The van der Waals surface area contributed by atoms with Gasteiger partial charge in [-0.3, -0.25) is 9.79 Å². The smallest absolute Gasteiger partial charge is 0.275 e. The minimum absolute atomic E-state index is 0.0430. The molecule has 0 saturated carbocycles. The van der Waals surface area contributed by atoms with Gasteiger partial charge in [-0.05, 0) is 18.2 Å². The van der Waals surface area contributed by atoms with Crippen LogP contribution in [0.2, 0.25) is 0 Å². The number of methoxy groups -OCH3 is 1. The van der Waals surface area contributed by atoms with Crippen molar-refractivity contribution in [1.29, 1.82) is 0 Å². The SMILES string of the molecule is COc1cnc(C(=O)Nc2ccc(F)c(C3(C(F)F)COCC(N)=N3)c2)cn1. The number of nitrogens with one attached hydrogen (secondary N) is 1. The van der Waals surface area contributed by atoms with Crippen LogP contribution in [0, 0.1) is 5.82 Å². The van der Waals surface area contributed by atoms with Crippen LogP contribution >= 0.6 is 0 Å². The van der Waals surface area contributed by atoms with Gasteiger partial charge in [0, 0.05) is 11.3 Å². The molecule has 3 rings (SSSR count). The summed E-state index contributed by atoms with van der Waals surface area (Å²) in [5, 5.41) is 2.46. The fourth-order valence-electron chi connectivity index (χ4n) is 2.67. The zero-order valence-corrected chi connectivity index (χ0v) is 14.7. The van der Waals surface area contributed by atoms with Crippen molar-refractivity contribution in [2.24, 2.45) is 10.7 Å². The lowest BCUT2D eigenvalue weighted by Crippen LogP contribution is -2.45. The van der Waals surface area contributed by atoms with E-state index in [2.05, 4.69) is 20.3 Å². The average molecular weight is 395 g/mol. The predicted octanol–water partition coefficient (Wildman–Crippen LogP) is 1.72. The lowest BCUT2D eigenvalue weighted by Gasteiger charge is -2.33. The lowest BCUT2D eigenvalue weighted by molar-refractivity contribution is -0.0145. The van der Waals surface area contributed by atoms with Gasteiger partial charge < -0.3 is 20.5 Å². The number of nitrogens with two attached hydrogens (primary N) is 1. The quantitative estimate of drug-likeness (QED) is 0.798. The average Bonchev–Trinajstić information content (AvgIpc) is 2.69. The Morgan fingerprint density at radius 3 is 2.75 bits per heavy atom. The number of aromatic nitrogens is 2. The molecule has 1 aromatic carbocycles. The van der Waals surface area contributed by atoms with Crippen LogP contribution in [0.25, 0.3) is 0 Å². The van der Waals surface area contributed by atoms with E-state index in [1.165, 1.54) is 25.6 Å². The molecule has 0 aliphatic carbocycles. The monoisotopic (exact) mass is 395 g/mol. The summed E-state index contributed by atoms with van der Waals surface area (Å²) in [6.45, 7) is -0.674. The topological polar surface area (TPSA) is 112 Å². The van der Waals surface area contributed by atoms with E-state index >= 15 is 0 Å². The highest BCUT2D eigenvalue weighted by Gasteiger charge is 2.46. The molecule has 0 radical (unpaired) electrons. The highest BCUT2D eigenvalue weighted by Crippen LogP contribution is 2.37. The number of amidine groups is 1. The van der Waals surface area contributed by atoms with Crippen molar-refractivity contribution in [3.05, 3.63) is 47.7 Å². The van der Waals surface area contributed by atoms with Crippen molar-refractivity contribution in [1.82, 2.24) is 9.97 Å². The molecule has 28 heavy (non-hydrogen) atoms. The van der Waals surface area contributed by atoms with Gasteiger partial charge in [0.05, 0.1) is 26.1 Å². The van der Waals surface area contributed by atoms with E-state index < -0.39 is 35.9 Å². The van der Waals surface area contributed by atoms with E-state index in [-0.39, 0.29) is 29.7 Å². The van der Waals surface area contributed by atoms with Crippen molar-refractivity contribution in [2.45, 2.75) is 12.0 Å². The van der Waals surface area contributed by atoms with E-state index in [0.717, 1.165) is 12.1 Å². The van der Waals surface area contributed by atoms with Gasteiger partial charge in [-0.1, -0.05) is 0 Å². The van der Waals surface area contributed by atoms with Crippen LogP contribution in [0.1, 0.15) is 16.1 Å². The molecule has 1 aliphatic heterocycles. The maximum Gasteiger partial charge on any atom is 0.275 e. The molecule has 2 heterocycles. The summed E-state index contributed by atoms with van der Waals surface area (Å²) >= 11 is 0. The second kappa shape index (κ2) is 7.80. The molecule has 1 unspecified atom stereocenters. The number of rotatable bonds is 5. The summed E-state index contributed by atoms with van der Waals surface area (Å²) in [5.74, 6) is -1.55. The fraction of sp³-hybridized carbons (Fsp3) is 0.294. The molecule has 0 bridgehead atoms. The van der Waals surface area contributed by atoms with Crippen LogP contribution in [-0.2, 0) is 10.3 Å². The van der Waals surface area contributed by atoms with E-state index in [1.807, 2.05) is 0 Å². The molecule has 11 heteroatoms. The van der Waals surface area contributed by atoms with Gasteiger partial charge in [0.15, 0.2) is 5.54 Å². The molecule has 3 N–H and O–H groups in total. The first-order valence-electron chi connectivity index (χ1n) is 8.03. The molecule has 0 spiro atoms. The number of benzene rings is 1. The maximum atomic E-state index is 14.4. The third-order valence-corrected chi connectivity index (χ3v) is 4.04. The molecule has 8 nitrogen and oxygen atoms in total. The summed E-state index contributed by atoms with van der Waals surface area (Å²) in [5.41, 5.74) is 2.81. The molecule has 2 aromatic rings. The van der Waals surface area contributed by atoms with Gasteiger partial charge in [-0.2, -0.15) is 0 Å². The molecule has 0 fully saturated rings. The van der Waals surface area contributed by atoms with Crippen molar-refractivity contribution < 1.29 is 27.4 Å². The van der Waals surface area contributed by atoms with Gasteiger partial charge in [-0.15, -0.1) is 0 Å². The Labute approximate surface area is 157 Å². The van der Waals surface area contributed by atoms with Crippen LogP contribution in [-0.4, -0.2) is 48.5 Å². The number of ether oxygens (including phenoxy) is 2. The number of nitrogens with zero attached hydrogens (tertiary/aromatic N) is 3. The molecule has 1 aromatic heterocycles. The van der Waals surface area contributed by atoms with Crippen molar-refractivity contribution in [3.8, 4) is 5.88 Å². The Hall–Kier alpha value is -3.21. The summed E-state index contributed by atoms with van der Waals surface area (Å²) in [6, 6.07) is 3.25. The van der Waals surface area contributed by atoms with Crippen molar-refractivity contribution >= 4 is 17.4 Å². The maximum absolute atomic E-state index is 14.4. The number of alkyl halides is 2. The Bertz CT molecular complexity index is 907. The minimum Gasteiger partial charge on any atom is -0.480 e. The molecule has 148 valence electrons. The zero-order chi connectivity index (χ0) is 20.3. The summed E-state index contributed by atoms with van der Waals surface area (Å²) < 4.78 is 51.9. The highest BCUT2D eigenvalue weighted by molar-refractivity contribution is 6.02. The van der Waals surface area contributed by atoms with Crippen LogP contribution in [0.3, 0.4) is 0 Å². The van der Waals surface area contributed by atoms with Gasteiger partial charge in [0.25, 0.3) is 12.3 Å². The van der Waals surface area contributed by atoms with E-state index in [4.69, 9.17) is 15.2 Å². The lowest BCUT2D eigenvalue weighted by atomic mass is 9.90. The van der Waals surface area contributed by atoms with Gasteiger partial charge in [0.1, 0.15) is 24.0 Å². The second-order valence-corrected chi connectivity index (χ2v) is 5.91. The normalized spacial score (nSPS) is 19.2. The van der Waals surface area contributed by atoms with Gasteiger partial charge >= 0.3 is 0 Å². The summed E-state index contributed by atoms with van der Waals surface area (Å²) in [6.07, 6.45) is -0.661. The van der Waals surface area contributed by atoms with Crippen LogP contribution in [0.5, 0.6) is 5.88 Å². The first kappa shape index (κ1) is 19.5. The number of halogens is 3. The molecular formula is C17H16F3N5O3. The Morgan fingerprint density at radius 1 is 1.36 bits per heavy atom. The standard InChI is InChI=1S/C17H16F3N5O3/c1-27-14-6-22-12(5-23-14)15(26)24-9-2-3-11(18)10(4-9)17(16(19)20)8-28-7-13(21)25-17/h2-6,16H,7-8H2,1H3,(H2,21,25)(H,24,26). The molecular weight excluding hydrogens is 379 g/mol. The predicted molar refractivity (Wildman–Crippen MR) is 93.1 cm³/mol. The molecule has 1 amide bonds. The first-order chi connectivity index (χ1) is 13.4. The number of carbonyl (C=O) groups is 1. The van der Waals surface area contributed by atoms with Gasteiger partial charge in [-0.25, -0.2) is 23.1 Å². The number of aliphatic imine (C=N–C) groups is 1. The largest absolute Gasteiger partial charge is 0.480 e. The number of carbonyl (C=O) groups excluding carboxylic acids is 1. The zero-order valence-electron chi connectivity index (χ0n) is 14.7. The van der Waals surface area contributed by atoms with Crippen LogP contribution in [0.15, 0.2) is 35.6 Å². The third kappa shape index (κ3) is 3.74. The number of amides is 1. The summed E-state index contributed by atoms with van der Waals surface area (Å²) in [4.78, 5) is 23.8. The Balaban J connectivity index is 1.92.